The Kier molecular flexibility index (Phi) is 3.43. The fourth-order valence-electron chi connectivity index (χ4n) is 2.25. The topological polar surface area (TPSA) is 46.3 Å². The second kappa shape index (κ2) is 4.84. The standard InChI is InChI=1S/C13H17FN2O/c1-9(10-5-3-2-4-6-10)16-8-11(7-14)12(15)13(16)17/h2-6,9,11-12H,7-8,15H2,1H3/t9-,11+,12+/m1/s1. The highest BCUT2D eigenvalue weighted by Gasteiger charge is 2.40. The lowest BCUT2D eigenvalue weighted by atomic mass is 10.1. The van der Waals surface area contributed by atoms with Gasteiger partial charge in [-0.3, -0.25) is 9.18 Å². The lowest BCUT2D eigenvalue weighted by Gasteiger charge is -2.25. The summed E-state index contributed by atoms with van der Waals surface area (Å²) in [5, 5.41) is 0. The molecule has 0 unspecified atom stereocenters. The zero-order valence-electron chi connectivity index (χ0n) is 9.84. The Balaban J connectivity index is 2.16. The summed E-state index contributed by atoms with van der Waals surface area (Å²) in [6, 6.07) is 8.98. The van der Waals surface area contributed by atoms with Gasteiger partial charge in [0, 0.05) is 12.5 Å². The maximum Gasteiger partial charge on any atom is 0.240 e. The van der Waals surface area contributed by atoms with Crippen molar-refractivity contribution in [1.29, 1.82) is 0 Å². The predicted octanol–water partition coefficient (Wildman–Crippen LogP) is 1.50. The first-order valence-corrected chi connectivity index (χ1v) is 5.82. The van der Waals surface area contributed by atoms with Crippen LogP contribution in [0.25, 0.3) is 0 Å². The second-order valence-corrected chi connectivity index (χ2v) is 4.52. The summed E-state index contributed by atoms with van der Waals surface area (Å²) >= 11 is 0. The molecule has 17 heavy (non-hydrogen) atoms. The number of nitrogens with zero attached hydrogens (tertiary/aromatic N) is 1. The summed E-state index contributed by atoms with van der Waals surface area (Å²) < 4.78 is 12.7. The van der Waals surface area contributed by atoms with E-state index in [1.54, 1.807) is 4.90 Å². The van der Waals surface area contributed by atoms with Crippen molar-refractivity contribution in [2.24, 2.45) is 11.7 Å². The lowest BCUT2D eigenvalue weighted by molar-refractivity contribution is -0.130. The summed E-state index contributed by atoms with van der Waals surface area (Å²) in [6.07, 6.45) is 0. The monoisotopic (exact) mass is 236 g/mol. The van der Waals surface area contributed by atoms with E-state index in [4.69, 9.17) is 5.73 Å². The zero-order valence-corrected chi connectivity index (χ0v) is 9.84. The van der Waals surface area contributed by atoms with E-state index in [2.05, 4.69) is 0 Å². The SMILES string of the molecule is C[C@H](c1ccccc1)N1C[C@H](CF)[C@H](N)C1=O. The molecule has 1 aromatic carbocycles. The first-order chi connectivity index (χ1) is 8.15. The van der Waals surface area contributed by atoms with Gasteiger partial charge in [-0.25, -0.2) is 0 Å². The van der Waals surface area contributed by atoms with Crippen LogP contribution in [0, 0.1) is 5.92 Å². The van der Waals surface area contributed by atoms with Crippen LogP contribution in [0.1, 0.15) is 18.5 Å². The Morgan fingerprint density at radius 1 is 1.47 bits per heavy atom. The minimum Gasteiger partial charge on any atom is -0.334 e. The van der Waals surface area contributed by atoms with Gasteiger partial charge in [0.15, 0.2) is 0 Å². The van der Waals surface area contributed by atoms with Gasteiger partial charge in [0.1, 0.15) is 0 Å². The minimum absolute atomic E-state index is 0.0497. The molecular formula is C13H17FN2O. The predicted molar refractivity (Wildman–Crippen MR) is 64.0 cm³/mol. The third-order valence-corrected chi connectivity index (χ3v) is 3.45. The molecule has 1 aromatic rings. The smallest absolute Gasteiger partial charge is 0.240 e. The summed E-state index contributed by atoms with van der Waals surface area (Å²) in [4.78, 5) is 13.6. The Hall–Kier alpha value is -1.42. The van der Waals surface area contributed by atoms with E-state index < -0.39 is 12.7 Å². The number of hydrogen-bond acceptors (Lipinski definition) is 2. The molecule has 0 spiro atoms. The molecule has 2 N–H and O–H groups in total. The second-order valence-electron chi connectivity index (χ2n) is 4.52. The minimum atomic E-state index is -0.689. The van der Waals surface area contributed by atoms with Crippen LogP contribution in [-0.4, -0.2) is 30.1 Å². The van der Waals surface area contributed by atoms with Crippen LogP contribution in [0.2, 0.25) is 0 Å². The number of carbonyl (C=O) groups excluding carboxylic acids is 1. The van der Waals surface area contributed by atoms with E-state index in [0.717, 1.165) is 5.56 Å². The van der Waals surface area contributed by atoms with Crippen molar-refractivity contribution in [3.05, 3.63) is 35.9 Å². The number of alkyl halides is 1. The van der Waals surface area contributed by atoms with Gasteiger partial charge >= 0.3 is 0 Å². The molecule has 1 aliphatic rings. The largest absolute Gasteiger partial charge is 0.334 e. The zero-order chi connectivity index (χ0) is 12.4. The van der Waals surface area contributed by atoms with Crippen LogP contribution in [0.5, 0.6) is 0 Å². The van der Waals surface area contributed by atoms with Gasteiger partial charge in [0.2, 0.25) is 5.91 Å². The molecule has 92 valence electrons. The van der Waals surface area contributed by atoms with Crippen LogP contribution in [0.4, 0.5) is 4.39 Å². The highest BCUT2D eigenvalue weighted by molar-refractivity contribution is 5.84. The van der Waals surface area contributed by atoms with E-state index >= 15 is 0 Å². The molecule has 0 bridgehead atoms. The maximum atomic E-state index is 12.7. The number of hydrogen-bond donors (Lipinski definition) is 1. The van der Waals surface area contributed by atoms with Crippen LogP contribution in [0.3, 0.4) is 0 Å². The number of halogens is 1. The van der Waals surface area contributed by atoms with E-state index in [1.807, 2.05) is 37.3 Å². The molecule has 1 aliphatic heterocycles. The third-order valence-electron chi connectivity index (χ3n) is 3.45. The highest BCUT2D eigenvalue weighted by atomic mass is 19.1. The van der Waals surface area contributed by atoms with Crippen LogP contribution < -0.4 is 5.73 Å². The quantitative estimate of drug-likeness (QED) is 0.864. The number of likely N-dealkylation sites (tertiary alicyclic amines) is 1. The number of benzene rings is 1. The van der Waals surface area contributed by atoms with Gasteiger partial charge in [-0.15, -0.1) is 0 Å². The van der Waals surface area contributed by atoms with Crippen molar-refractivity contribution in [2.45, 2.75) is 19.0 Å². The third kappa shape index (κ3) is 2.17. The molecule has 0 saturated carbocycles. The molecule has 1 fully saturated rings. The first kappa shape index (κ1) is 12.0. The van der Waals surface area contributed by atoms with Gasteiger partial charge in [-0.05, 0) is 12.5 Å². The molecule has 1 heterocycles. The van der Waals surface area contributed by atoms with Gasteiger partial charge < -0.3 is 10.6 Å². The first-order valence-electron chi connectivity index (χ1n) is 5.82. The van der Waals surface area contributed by atoms with E-state index in [-0.39, 0.29) is 17.9 Å². The summed E-state index contributed by atoms with van der Waals surface area (Å²) in [5.74, 6) is -0.516. The van der Waals surface area contributed by atoms with Crippen LogP contribution in [-0.2, 0) is 4.79 Å². The molecule has 1 saturated heterocycles. The molecule has 0 aromatic heterocycles. The molecule has 4 heteroatoms. The Labute approximate surface area is 100 Å². The summed E-state index contributed by atoms with van der Waals surface area (Å²) in [7, 11) is 0. The van der Waals surface area contributed by atoms with Gasteiger partial charge in [-0.2, -0.15) is 0 Å². The van der Waals surface area contributed by atoms with Gasteiger partial charge in [-0.1, -0.05) is 30.3 Å². The normalized spacial score (nSPS) is 26.3. The van der Waals surface area contributed by atoms with Crippen molar-refractivity contribution in [3.63, 3.8) is 0 Å². The number of amides is 1. The summed E-state index contributed by atoms with van der Waals surface area (Å²) in [6.45, 7) is 1.82. The molecule has 0 radical (unpaired) electrons. The highest BCUT2D eigenvalue weighted by Crippen LogP contribution is 2.27. The van der Waals surface area contributed by atoms with Gasteiger partial charge in [0.05, 0.1) is 18.8 Å². The molecule has 2 rings (SSSR count). The maximum absolute atomic E-state index is 12.7. The van der Waals surface area contributed by atoms with Crippen molar-refractivity contribution in [3.8, 4) is 0 Å². The van der Waals surface area contributed by atoms with Crippen molar-refractivity contribution in [1.82, 2.24) is 4.90 Å². The Morgan fingerprint density at radius 3 is 2.65 bits per heavy atom. The number of nitrogens with two attached hydrogens (primary N) is 1. The van der Waals surface area contributed by atoms with Crippen molar-refractivity contribution >= 4 is 5.91 Å². The van der Waals surface area contributed by atoms with Gasteiger partial charge in [0.25, 0.3) is 0 Å². The summed E-state index contributed by atoms with van der Waals surface area (Å²) in [5.41, 5.74) is 6.76. The average Bonchev–Trinajstić information content (AvgIpc) is 2.66. The van der Waals surface area contributed by atoms with E-state index in [1.165, 1.54) is 0 Å². The molecule has 3 nitrogen and oxygen atoms in total. The average molecular weight is 236 g/mol. The number of carbonyl (C=O) groups is 1. The molecule has 3 atom stereocenters. The van der Waals surface area contributed by atoms with Crippen molar-refractivity contribution < 1.29 is 9.18 Å². The molecule has 0 aliphatic carbocycles. The van der Waals surface area contributed by atoms with Crippen LogP contribution >= 0.6 is 0 Å². The van der Waals surface area contributed by atoms with Crippen molar-refractivity contribution in [2.75, 3.05) is 13.2 Å². The van der Waals surface area contributed by atoms with E-state index in [9.17, 15) is 9.18 Å². The number of rotatable bonds is 3. The Morgan fingerprint density at radius 2 is 2.12 bits per heavy atom. The van der Waals surface area contributed by atoms with E-state index in [0.29, 0.717) is 6.54 Å². The lowest BCUT2D eigenvalue weighted by Crippen LogP contribution is -2.37. The van der Waals surface area contributed by atoms with Crippen LogP contribution in [0.15, 0.2) is 30.3 Å². The fraction of sp³-hybridized carbons (Fsp3) is 0.462. The molecular weight excluding hydrogens is 219 g/mol. The molecule has 1 amide bonds. The Bertz CT molecular complexity index is 396. The fourth-order valence-corrected chi connectivity index (χ4v) is 2.25.